The van der Waals surface area contributed by atoms with Gasteiger partial charge in [0.25, 0.3) is 5.91 Å². The fraction of sp³-hybridized carbons (Fsp3) is 0.750. The van der Waals surface area contributed by atoms with Crippen molar-refractivity contribution < 1.29 is 9.59 Å². The predicted octanol–water partition coefficient (Wildman–Crippen LogP) is 2.71. The van der Waals surface area contributed by atoms with E-state index in [0.717, 1.165) is 25.2 Å². The SMILES string of the molecule is CCCn1ncc(C(=O)N2CCC(=O)N(CC3CC3)[C@H](C(C)C)C2)c1C. The molecule has 0 bridgehead atoms. The average Bonchev–Trinajstić information content (AvgIpc) is 3.37. The second-order valence-electron chi connectivity index (χ2n) is 8.17. The maximum atomic E-state index is 13.1. The molecule has 1 aromatic heterocycles. The van der Waals surface area contributed by atoms with Crippen LogP contribution in [0.3, 0.4) is 0 Å². The Labute approximate surface area is 156 Å². The van der Waals surface area contributed by atoms with Crippen molar-refractivity contribution >= 4 is 11.8 Å². The number of hydrogen-bond donors (Lipinski definition) is 0. The van der Waals surface area contributed by atoms with Crippen molar-refractivity contribution in [1.82, 2.24) is 19.6 Å². The van der Waals surface area contributed by atoms with Crippen molar-refractivity contribution in [2.45, 2.75) is 66.0 Å². The number of hydrogen-bond acceptors (Lipinski definition) is 3. The molecule has 3 rings (SSSR count). The maximum absolute atomic E-state index is 13.1. The molecular weight excluding hydrogens is 328 g/mol. The molecule has 0 unspecified atom stereocenters. The van der Waals surface area contributed by atoms with Gasteiger partial charge in [-0.3, -0.25) is 14.3 Å². The summed E-state index contributed by atoms with van der Waals surface area (Å²) in [5, 5.41) is 4.37. The van der Waals surface area contributed by atoms with Crippen LogP contribution in [0.5, 0.6) is 0 Å². The Kier molecular flexibility index (Phi) is 5.68. The van der Waals surface area contributed by atoms with Crippen molar-refractivity contribution in [2.24, 2.45) is 11.8 Å². The summed E-state index contributed by atoms with van der Waals surface area (Å²) >= 11 is 0. The lowest BCUT2D eigenvalue weighted by Gasteiger charge is -2.34. The quantitative estimate of drug-likeness (QED) is 0.784. The van der Waals surface area contributed by atoms with Crippen LogP contribution in [0.1, 0.15) is 62.5 Å². The lowest BCUT2D eigenvalue weighted by atomic mass is 10.0. The number of rotatable bonds is 6. The Morgan fingerprint density at radius 2 is 2.08 bits per heavy atom. The predicted molar refractivity (Wildman–Crippen MR) is 101 cm³/mol. The molecule has 26 heavy (non-hydrogen) atoms. The van der Waals surface area contributed by atoms with Crippen LogP contribution >= 0.6 is 0 Å². The van der Waals surface area contributed by atoms with Gasteiger partial charge in [0, 0.05) is 38.3 Å². The van der Waals surface area contributed by atoms with E-state index in [4.69, 9.17) is 0 Å². The highest BCUT2D eigenvalue weighted by Crippen LogP contribution is 2.32. The van der Waals surface area contributed by atoms with E-state index in [2.05, 4.69) is 30.8 Å². The highest BCUT2D eigenvalue weighted by atomic mass is 16.2. The zero-order valence-corrected chi connectivity index (χ0v) is 16.6. The molecule has 1 aliphatic carbocycles. The van der Waals surface area contributed by atoms with Gasteiger partial charge < -0.3 is 9.80 Å². The number of aryl methyl sites for hydroxylation is 1. The third-order valence-corrected chi connectivity index (χ3v) is 5.70. The molecular formula is C20H32N4O2. The molecule has 6 heteroatoms. The van der Waals surface area contributed by atoms with E-state index in [1.807, 2.05) is 16.5 Å². The van der Waals surface area contributed by atoms with Gasteiger partial charge in [-0.2, -0.15) is 5.10 Å². The summed E-state index contributed by atoms with van der Waals surface area (Å²) in [5.41, 5.74) is 1.59. The van der Waals surface area contributed by atoms with Crippen LogP contribution in [-0.2, 0) is 11.3 Å². The molecule has 6 nitrogen and oxygen atoms in total. The Balaban J connectivity index is 1.79. The van der Waals surface area contributed by atoms with Gasteiger partial charge in [0.1, 0.15) is 0 Å². The number of nitrogens with zero attached hydrogens (tertiary/aromatic N) is 4. The molecule has 144 valence electrons. The minimum Gasteiger partial charge on any atom is -0.337 e. The number of carbonyl (C=O) groups excluding carboxylic acids is 2. The number of aromatic nitrogens is 2. The molecule has 0 aromatic carbocycles. The van der Waals surface area contributed by atoms with Gasteiger partial charge in [0.2, 0.25) is 5.91 Å². The van der Waals surface area contributed by atoms with Gasteiger partial charge in [-0.25, -0.2) is 0 Å². The minimum absolute atomic E-state index is 0.0107. The van der Waals surface area contributed by atoms with E-state index in [1.165, 1.54) is 12.8 Å². The molecule has 2 amide bonds. The van der Waals surface area contributed by atoms with Gasteiger partial charge in [-0.15, -0.1) is 0 Å². The zero-order chi connectivity index (χ0) is 18.8. The van der Waals surface area contributed by atoms with Crippen LogP contribution in [0, 0.1) is 18.8 Å². The van der Waals surface area contributed by atoms with Crippen LogP contribution < -0.4 is 0 Å². The van der Waals surface area contributed by atoms with Gasteiger partial charge in [0.05, 0.1) is 17.8 Å². The molecule has 1 atom stereocenters. The first-order valence-electron chi connectivity index (χ1n) is 10.0. The van der Waals surface area contributed by atoms with Crippen molar-refractivity contribution in [2.75, 3.05) is 19.6 Å². The van der Waals surface area contributed by atoms with Crippen molar-refractivity contribution in [3.63, 3.8) is 0 Å². The first kappa shape index (κ1) is 18.9. The lowest BCUT2D eigenvalue weighted by Crippen LogP contribution is -2.48. The number of amides is 2. The molecule has 0 N–H and O–H groups in total. The van der Waals surface area contributed by atoms with E-state index in [9.17, 15) is 9.59 Å². The normalized spacial score (nSPS) is 21.4. The molecule has 1 saturated carbocycles. The molecule has 1 saturated heterocycles. The van der Waals surface area contributed by atoms with E-state index < -0.39 is 0 Å². The van der Waals surface area contributed by atoms with E-state index in [-0.39, 0.29) is 17.9 Å². The van der Waals surface area contributed by atoms with Crippen molar-refractivity contribution in [1.29, 1.82) is 0 Å². The lowest BCUT2D eigenvalue weighted by molar-refractivity contribution is -0.133. The van der Waals surface area contributed by atoms with Crippen molar-refractivity contribution in [3.05, 3.63) is 17.5 Å². The molecule has 0 radical (unpaired) electrons. The Hall–Kier alpha value is -1.85. The molecule has 0 spiro atoms. The van der Waals surface area contributed by atoms with Crippen LogP contribution in [0.15, 0.2) is 6.20 Å². The zero-order valence-electron chi connectivity index (χ0n) is 16.6. The highest BCUT2D eigenvalue weighted by Gasteiger charge is 2.37. The third kappa shape index (κ3) is 3.94. The molecule has 1 aliphatic heterocycles. The van der Waals surface area contributed by atoms with Gasteiger partial charge in [-0.1, -0.05) is 20.8 Å². The first-order chi connectivity index (χ1) is 12.4. The molecule has 2 heterocycles. The maximum Gasteiger partial charge on any atom is 0.257 e. The minimum atomic E-state index is 0.0107. The summed E-state index contributed by atoms with van der Waals surface area (Å²) in [6.07, 6.45) is 5.55. The summed E-state index contributed by atoms with van der Waals surface area (Å²) < 4.78 is 1.90. The van der Waals surface area contributed by atoms with E-state index >= 15 is 0 Å². The summed E-state index contributed by atoms with van der Waals surface area (Å²) in [4.78, 5) is 29.8. The van der Waals surface area contributed by atoms with Crippen molar-refractivity contribution in [3.8, 4) is 0 Å². The monoisotopic (exact) mass is 360 g/mol. The summed E-state index contributed by atoms with van der Waals surface area (Å²) in [6, 6.07) is 0.0977. The molecule has 2 aliphatic rings. The van der Waals surface area contributed by atoms with Gasteiger partial charge in [0.15, 0.2) is 0 Å². The summed E-state index contributed by atoms with van der Waals surface area (Å²) in [6.45, 7) is 11.2. The Morgan fingerprint density at radius 1 is 1.35 bits per heavy atom. The summed E-state index contributed by atoms with van der Waals surface area (Å²) in [7, 11) is 0. The Morgan fingerprint density at radius 3 is 2.69 bits per heavy atom. The van der Waals surface area contributed by atoms with Gasteiger partial charge in [-0.05, 0) is 38.0 Å². The van der Waals surface area contributed by atoms with Crippen LogP contribution in [0.4, 0.5) is 0 Å². The molecule has 1 aromatic rings. The summed E-state index contributed by atoms with van der Waals surface area (Å²) in [5.74, 6) is 1.20. The topological polar surface area (TPSA) is 58.4 Å². The van der Waals surface area contributed by atoms with Gasteiger partial charge >= 0.3 is 0 Å². The fourth-order valence-electron chi connectivity index (χ4n) is 3.81. The average molecular weight is 361 g/mol. The van der Waals surface area contributed by atoms with E-state index in [0.29, 0.717) is 36.9 Å². The number of carbonyl (C=O) groups is 2. The van der Waals surface area contributed by atoms with E-state index in [1.54, 1.807) is 6.20 Å². The fourth-order valence-corrected chi connectivity index (χ4v) is 3.81. The second-order valence-corrected chi connectivity index (χ2v) is 8.17. The second kappa shape index (κ2) is 7.80. The van der Waals surface area contributed by atoms with Crippen LogP contribution in [-0.4, -0.2) is 57.1 Å². The largest absolute Gasteiger partial charge is 0.337 e. The highest BCUT2D eigenvalue weighted by molar-refractivity contribution is 5.95. The Bertz CT molecular complexity index is 663. The molecule has 2 fully saturated rings. The van der Waals surface area contributed by atoms with Crippen LogP contribution in [0.25, 0.3) is 0 Å². The first-order valence-corrected chi connectivity index (χ1v) is 10.0. The standard InChI is InChI=1S/C20H32N4O2/c1-5-9-24-15(4)17(11-21-24)20(26)22-10-8-19(25)23(12-16-6-7-16)18(13-22)14(2)3/h11,14,16,18H,5-10,12-13H2,1-4H3/t18-/m0/s1. The van der Waals surface area contributed by atoms with Crippen LogP contribution in [0.2, 0.25) is 0 Å². The third-order valence-electron chi connectivity index (χ3n) is 5.70. The smallest absolute Gasteiger partial charge is 0.257 e.